The summed E-state index contributed by atoms with van der Waals surface area (Å²) in [6.45, 7) is 6.56. The Labute approximate surface area is 173 Å². The summed E-state index contributed by atoms with van der Waals surface area (Å²) in [7, 11) is 0. The topological polar surface area (TPSA) is 49.3 Å². The lowest BCUT2D eigenvalue weighted by molar-refractivity contribution is -0.118. The molecule has 0 aliphatic rings. The van der Waals surface area contributed by atoms with Crippen molar-refractivity contribution in [2.75, 3.05) is 6.54 Å². The summed E-state index contributed by atoms with van der Waals surface area (Å²) in [4.78, 5) is 12.0. The third-order valence-corrected chi connectivity index (χ3v) is 4.46. The predicted molar refractivity (Wildman–Crippen MR) is 122 cm³/mol. The molecule has 0 aliphatic carbocycles. The Morgan fingerprint density at radius 1 is 0.857 bits per heavy atom. The highest BCUT2D eigenvalue weighted by Gasteiger charge is 2.25. The number of carbonyl (C=O) groups is 1. The van der Waals surface area contributed by atoms with Gasteiger partial charge in [0.25, 0.3) is 0 Å². The van der Waals surface area contributed by atoms with Crippen molar-refractivity contribution in [1.82, 2.24) is 5.32 Å². The smallest absolute Gasteiger partial charge is 0.244 e. The normalized spacial score (nSPS) is 14.9. The van der Waals surface area contributed by atoms with Crippen LogP contribution in [0, 0.1) is 0 Å². The van der Waals surface area contributed by atoms with E-state index in [1.54, 1.807) is 6.08 Å². The number of hydrogen-bond acceptors (Lipinski definition) is 2. The molecule has 158 valence electrons. The zero-order valence-corrected chi connectivity index (χ0v) is 18.2. The molecule has 0 saturated heterocycles. The van der Waals surface area contributed by atoms with E-state index in [0.717, 1.165) is 44.9 Å². The van der Waals surface area contributed by atoms with Crippen LogP contribution in [0.3, 0.4) is 0 Å². The fraction of sp³-hybridized carbons (Fsp3) is 0.560. The maximum absolute atomic E-state index is 12.0. The van der Waals surface area contributed by atoms with E-state index in [1.165, 1.54) is 18.9 Å². The fourth-order valence-corrected chi connectivity index (χ4v) is 2.88. The molecule has 1 atom stereocenters. The third-order valence-electron chi connectivity index (χ3n) is 4.46. The second-order valence-corrected chi connectivity index (χ2v) is 7.21. The van der Waals surface area contributed by atoms with Crippen LogP contribution in [-0.4, -0.2) is 23.2 Å². The van der Waals surface area contributed by atoms with Crippen LogP contribution < -0.4 is 5.32 Å². The summed E-state index contributed by atoms with van der Waals surface area (Å²) in [5.41, 5.74) is -0.782. The minimum Gasteiger partial charge on any atom is -0.388 e. The van der Waals surface area contributed by atoms with E-state index in [-0.39, 0.29) is 5.91 Å². The van der Waals surface area contributed by atoms with E-state index >= 15 is 0 Å². The maximum atomic E-state index is 12.0. The minimum atomic E-state index is -0.782. The van der Waals surface area contributed by atoms with Gasteiger partial charge >= 0.3 is 0 Å². The van der Waals surface area contributed by atoms with Gasteiger partial charge in [0.2, 0.25) is 5.91 Å². The fourth-order valence-electron chi connectivity index (χ4n) is 2.88. The van der Waals surface area contributed by atoms with Gasteiger partial charge in [-0.3, -0.25) is 4.79 Å². The summed E-state index contributed by atoms with van der Waals surface area (Å²) in [5, 5.41) is 13.6. The molecule has 0 aliphatic heterocycles. The number of carbonyl (C=O) groups excluding carboxylic acids is 1. The molecule has 0 bridgehead atoms. The van der Waals surface area contributed by atoms with Gasteiger partial charge in [0, 0.05) is 12.6 Å². The lowest BCUT2D eigenvalue weighted by Gasteiger charge is -2.28. The van der Waals surface area contributed by atoms with Crippen molar-refractivity contribution < 1.29 is 9.90 Å². The van der Waals surface area contributed by atoms with Gasteiger partial charge in [-0.05, 0) is 32.6 Å². The molecule has 3 heteroatoms. The summed E-state index contributed by atoms with van der Waals surface area (Å²) in [5.74, 6) is -0.151. The van der Waals surface area contributed by atoms with Crippen LogP contribution in [-0.2, 0) is 4.79 Å². The lowest BCUT2D eigenvalue weighted by atomic mass is 9.91. The molecule has 0 rings (SSSR count). The molecule has 0 aromatic heterocycles. The van der Waals surface area contributed by atoms with Gasteiger partial charge in [-0.1, -0.05) is 101 Å². The molecular weight excluding hydrogens is 346 g/mol. The summed E-state index contributed by atoms with van der Waals surface area (Å²) in [6.07, 6.45) is 28.2. The number of hydrogen-bond donors (Lipinski definition) is 2. The lowest BCUT2D eigenvalue weighted by Crippen LogP contribution is -2.42. The van der Waals surface area contributed by atoms with Gasteiger partial charge in [-0.2, -0.15) is 0 Å². The average molecular weight is 388 g/mol. The monoisotopic (exact) mass is 387 g/mol. The second kappa shape index (κ2) is 18.5. The molecular formula is C25H41NO2. The van der Waals surface area contributed by atoms with Crippen LogP contribution in [0.25, 0.3) is 0 Å². The number of amides is 1. The van der Waals surface area contributed by atoms with Crippen LogP contribution in [0.5, 0.6) is 0 Å². The SMILES string of the molecule is CC=CC=CC=CCCC=CC=CC(=O)NCC(O)(CCC)CCCCCC. The van der Waals surface area contributed by atoms with E-state index < -0.39 is 5.60 Å². The van der Waals surface area contributed by atoms with Crippen LogP contribution in [0.4, 0.5) is 0 Å². The molecule has 2 N–H and O–H groups in total. The Balaban J connectivity index is 4.11. The van der Waals surface area contributed by atoms with Crippen molar-refractivity contribution in [3.8, 4) is 0 Å². The summed E-state index contributed by atoms with van der Waals surface area (Å²) >= 11 is 0. The van der Waals surface area contributed by atoms with Crippen molar-refractivity contribution >= 4 is 5.91 Å². The largest absolute Gasteiger partial charge is 0.388 e. The predicted octanol–water partition coefficient (Wildman–Crippen LogP) is 6.19. The number of unbranched alkanes of at least 4 members (excludes halogenated alkanes) is 4. The van der Waals surface area contributed by atoms with Gasteiger partial charge in [0.1, 0.15) is 0 Å². The molecule has 0 aromatic rings. The van der Waals surface area contributed by atoms with Gasteiger partial charge in [-0.25, -0.2) is 0 Å². The third kappa shape index (κ3) is 16.3. The quantitative estimate of drug-likeness (QED) is 0.189. The average Bonchev–Trinajstić information content (AvgIpc) is 2.68. The van der Waals surface area contributed by atoms with Crippen molar-refractivity contribution in [2.45, 2.75) is 84.2 Å². The van der Waals surface area contributed by atoms with Crippen LogP contribution >= 0.6 is 0 Å². The molecule has 0 radical (unpaired) electrons. The van der Waals surface area contributed by atoms with Crippen LogP contribution in [0.1, 0.15) is 78.6 Å². The Bertz CT molecular complexity index is 529. The highest BCUT2D eigenvalue weighted by molar-refractivity contribution is 5.87. The first-order chi connectivity index (χ1) is 13.6. The van der Waals surface area contributed by atoms with Gasteiger partial charge < -0.3 is 10.4 Å². The van der Waals surface area contributed by atoms with E-state index in [9.17, 15) is 9.90 Å². The zero-order valence-electron chi connectivity index (χ0n) is 18.2. The number of allylic oxidation sites excluding steroid dienone is 9. The molecule has 1 unspecified atom stereocenters. The second-order valence-electron chi connectivity index (χ2n) is 7.21. The summed E-state index contributed by atoms with van der Waals surface area (Å²) < 4.78 is 0. The highest BCUT2D eigenvalue weighted by atomic mass is 16.3. The minimum absolute atomic E-state index is 0.151. The van der Waals surface area contributed by atoms with Crippen LogP contribution in [0.15, 0.2) is 60.8 Å². The number of nitrogens with one attached hydrogen (secondary N) is 1. The van der Waals surface area contributed by atoms with Gasteiger partial charge in [0.05, 0.1) is 5.60 Å². The molecule has 0 heterocycles. The molecule has 28 heavy (non-hydrogen) atoms. The van der Waals surface area contributed by atoms with E-state index in [1.807, 2.05) is 49.5 Å². The molecule has 0 saturated carbocycles. The van der Waals surface area contributed by atoms with Gasteiger partial charge in [0.15, 0.2) is 0 Å². The molecule has 0 spiro atoms. The Kier molecular flexibility index (Phi) is 17.3. The van der Waals surface area contributed by atoms with Gasteiger partial charge in [-0.15, -0.1) is 0 Å². The van der Waals surface area contributed by atoms with E-state index in [0.29, 0.717) is 6.54 Å². The number of aliphatic hydroxyl groups is 1. The Hall–Kier alpha value is -1.87. The summed E-state index contributed by atoms with van der Waals surface area (Å²) in [6, 6.07) is 0. The van der Waals surface area contributed by atoms with Crippen molar-refractivity contribution in [3.63, 3.8) is 0 Å². The van der Waals surface area contributed by atoms with Crippen molar-refractivity contribution in [2.24, 2.45) is 0 Å². The first-order valence-corrected chi connectivity index (χ1v) is 10.9. The van der Waals surface area contributed by atoms with E-state index in [4.69, 9.17) is 0 Å². The Morgan fingerprint density at radius 3 is 2.18 bits per heavy atom. The standard InChI is InChI=1S/C25H41NO2/c1-4-7-9-11-12-13-14-15-16-17-18-20-24(27)26-23-25(28,21-6-3)22-19-10-8-5-2/h4,7,9,11-13,16-18,20,28H,5-6,8,10,14-15,19,21-23H2,1-3H3,(H,26,27). The molecule has 0 fully saturated rings. The Morgan fingerprint density at radius 2 is 1.54 bits per heavy atom. The molecule has 1 amide bonds. The van der Waals surface area contributed by atoms with Crippen molar-refractivity contribution in [1.29, 1.82) is 0 Å². The zero-order chi connectivity index (χ0) is 20.9. The number of rotatable bonds is 16. The van der Waals surface area contributed by atoms with Crippen LogP contribution in [0.2, 0.25) is 0 Å². The van der Waals surface area contributed by atoms with Crippen molar-refractivity contribution in [3.05, 3.63) is 60.8 Å². The first-order valence-electron chi connectivity index (χ1n) is 10.9. The van der Waals surface area contributed by atoms with E-state index in [2.05, 4.69) is 25.2 Å². The maximum Gasteiger partial charge on any atom is 0.244 e. The highest BCUT2D eigenvalue weighted by Crippen LogP contribution is 2.20. The first kappa shape index (κ1) is 26.1. The molecule has 3 nitrogen and oxygen atoms in total. The molecule has 0 aromatic carbocycles.